The molecule has 23 aliphatic carbocycles. The standard InChI is InChI=1S/C16H27N3.C14H24N2O.C14H24N2S.2C13H20N2O.C13H22N2O.C12H22N2O.C11H18N2O.C10H16N2O/c1-2-4-11(5-3-1)14-12-6-7-13(10-12)15(14)19-16-17-8-9-18-16;2*1-2-3-4-12-10-5-6-11(9-10)13(12)16-14-15-7-8-17-14;2*1-2-16-12(14-1)15-13-6-9-3-10(7-13)5-11(4-9)8-13;1-12(2)9-4-5-13(12,3)10(8-9)15-11-14-6-7-16-11;1-2-5-10-6-3-4-7-11(10)14-12-13-8-9-15-12;1-3-9-4-2-8(1)7-10(9)13-11-12-5-6-14-11;1-2-8-5-7(1)6-9(8)12-10-11-3-4-13-10/h11-15H,1-10H2,(H2,17,18,19);2*10-13H,2-9H2,1H3,(H,15,16);2*9-11H,1-8H2,(H,14,15);9-10H,4-8H2,1-3H3,(H,14,15);10-11H,2-9H2,1H3,(H,13,14);8-10H,1-7H2,(H,12,13);7-9H,1-6H2,(H,11,12). The molecule has 143 heavy (non-hydrogen) atoms. The molecule has 23 saturated carbocycles. The first kappa shape index (κ1) is 103. The van der Waals surface area contributed by atoms with E-state index in [0.717, 1.165) is 302 Å². The lowest BCUT2D eigenvalue weighted by molar-refractivity contribution is -0.0129. The Morgan fingerprint density at radius 2 is 0.762 bits per heavy atom. The van der Waals surface area contributed by atoms with E-state index in [1.165, 1.54) is 332 Å². The van der Waals surface area contributed by atoms with Crippen molar-refractivity contribution in [3.05, 3.63) is 0 Å². The first-order valence-electron chi connectivity index (χ1n) is 60.7. The van der Waals surface area contributed by atoms with Gasteiger partial charge in [-0.1, -0.05) is 150 Å². The number of nitrogens with one attached hydrogen (secondary N) is 10. The van der Waals surface area contributed by atoms with Gasteiger partial charge >= 0.3 is 0 Å². The molecular formula is C116H193N19O7S. The predicted octanol–water partition coefficient (Wildman–Crippen LogP) is 19.4. The van der Waals surface area contributed by atoms with Gasteiger partial charge in [0.2, 0.25) is 0 Å². The van der Waals surface area contributed by atoms with Crippen LogP contribution in [0.5, 0.6) is 0 Å². The van der Waals surface area contributed by atoms with Gasteiger partial charge in [0.1, 0.15) is 46.2 Å². The van der Waals surface area contributed by atoms with Gasteiger partial charge in [0.05, 0.1) is 58.9 Å². The summed E-state index contributed by atoms with van der Waals surface area (Å²) >= 11 is 1.92. The van der Waals surface area contributed by atoms with Crippen molar-refractivity contribution < 1.29 is 33.2 Å². The van der Waals surface area contributed by atoms with E-state index in [2.05, 4.69) is 140 Å². The second-order valence-corrected chi connectivity index (χ2v) is 52.9. The monoisotopic (exact) mass is 2000 g/mol. The van der Waals surface area contributed by atoms with Gasteiger partial charge in [0, 0.05) is 65.7 Å². The smallest absolute Gasteiger partial charge is 0.285 e. The Labute approximate surface area is 865 Å². The highest BCUT2D eigenvalue weighted by atomic mass is 32.2. The van der Waals surface area contributed by atoms with E-state index in [-0.39, 0.29) is 0 Å². The van der Waals surface area contributed by atoms with E-state index >= 15 is 0 Å². The maximum atomic E-state index is 5.53. The third-order valence-electron chi connectivity index (χ3n) is 42.6. The van der Waals surface area contributed by atoms with E-state index in [1.807, 2.05) is 11.8 Å². The van der Waals surface area contributed by atoms with Gasteiger partial charge in [-0.05, 0) is 366 Å². The maximum Gasteiger partial charge on any atom is 0.285 e. The lowest BCUT2D eigenvalue weighted by Gasteiger charge is -2.56. The van der Waals surface area contributed by atoms with Gasteiger partial charge in [-0.15, -0.1) is 0 Å². The lowest BCUT2D eigenvalue weighted by atomic mass is 9.53. The van der Waals surface area contributed by atoms with Crippen molar-refractivity contribution in [1.29, 1.82) is 0 Å². The molecule has 32 aliphatic rings. The molecular weight excluding hydrogens is 1800 g/mol. The van der Waals surface area contributed by atoms with E-state index in [9.17, 15) is 0 Å². The van der Waals surface area contributed by atoms with Crippen LogP contribution in [0, 0.1) is 141 Å². The van der Waals surface area contributed by atoms with Crippen LogP contribution >= 0.6 is 11.8 Å². The zero-order chi connectivity index (χ0) is 97.1. The Bertz CT molecular complexity index is 4190. The Morgan fingerprint density at radius 1 is 0.322 bits per heavy atom. The summed E-state index contributed by atoms with van der Waals surface area (Å²) in [5.74, 6) is 23.2. The topological polar surface area (TPSA) is 296 Å². The fourth-order valence-electron chi connectivity index (χ4n) is 36.1. The highest BCUT2D eigenvalue weighted by Crippen LogP contribution is 2.66. The summed E-state index contributed by atoms with van der Waals surface area (Å²) < 4.78 is 38.2. The predicted molar refractivity (Wildman–Crippen MR) is 580 cm³/mol. The largest absolute Gasteiger partial charge is 0.463 e. The van der Waals surface area contributed by atoms with Crippen molar-refractivity contribution in [2.24, 2.45) is 186 Å². The summed E-state index contributed by atoms with van der Waals surface area (Å²) in [4.78, 5) is 39.5. The van der Waals surface area contributed by atoms with E-state index in [4.69, 9.17) is 33.2 Å². The first-order chi connectivity index (χ1) is 70.1. The van der Waals surface area contributed by atoms with Gasteiger partial charge < -0.3 is 86.3 Å². The fourth-order valence-corrected chi connectivity index (χ4v) is 36.9. The number of hydrogen-bond acceptors (Lipinski definition) is 27. The molecule has 26 nitrogen and oxygen atoms in total. The number of hydrogen-bond donors (Lipinski definition) is 10. The number of aliphatic imine (C=N–C) groups is 9. The number of fused-ring (bicyclic) bond motifs is 13. The van der Waals surface area contributed by atoms with Crippen LogP contribution in [0.2, 0.25) is 0 Å². The molecule has 23 fully saturated rings. The summed E-state index contributed by atoms with van der Waals surface area (Å²) in [6.45, 7) is 28.4. The van der Waals surface area contributed by atoms with Gasteiger partial charge in [-0.2, -0.15) is 0 Å². The van der Waals surface area contributed by atoms with E-state index in [0.29, 0.717) is 52.1 Å². The van der Waals surface area contributed by atoms with Crippen LogP contribution in [0.4, 0.5) is 0 Å². The highest BCUT2D eigenvalue weighted by Gasteiger charge is 2.63. The average Bonchev–Trinajstić information content (AvgIpc) is 1.55. The van der Waals surface area contributed by atoms with Crippen molar-refractivity contribution in [2.45, 2.75) is 416 Å². The highest BCUT2D eigenvalue weighted by molar-refractivity contribution is 8.14. The number of guanidine groups is 1. The van der Waals surface area contributed by atoms with Crippen LogP contribution in [0.1, 0.15) is 363 Å². The van der Waals surface area contributed by atoms with E-state index in [1.54, 1.807) is 0 Å². The Balaban J connectivity index is 0.0000000952. The quantitative estimate of drug-likeness (QED) is 0.0610. The zero-order valence-electron chi connectivity index (χ0n) is 89.6. The molecule has 9 aliphatic heterocycles. The molecule has 27 heteroatoms. The summed E-state index contributed by atoms with van der Waals surface area (Å²) in [6, 6.07) is 10.3. The van der Waals surface area contributed by atoms with Crippen LogP contribution in [0.3, 0.4) is 0 Å². The molecule has 0 amide bonds. The van der Waals surface area contributed by atoms with Crippen molar-refractivity contribution in [3.63, 3.8) is 0 Å². The molecule has 21 atom stereocenters. The van der Waals surface area contributed by atoms with Crippen LogP contribution < -0.4 is 53.2 Å². The summed E-state index contributed by atoms with van der Waals surface area (Å²) in [5.41, 5.74) is 1.59. The number of rotatable bonds is 18. The second-order valence-electron chi connectivity index (χ2n) is 51.8. The van der Waals surface area contributed by atoms with Gasteiger partial charge in [0.15, 0.2) is 11.1 Å². The molecule has 0 radical (unpaired) electrons. The lowest BCUT2D eigenvalue weighted by Crippen LogP contribution is -2.59. The summed E-state index contributed by atoms with van der Waals surface area (Å²) in [6.07, 6.45) is 70.8. The number of thioether (sulfide) groups is 1. The molecule has 0 saturated heterocycles. The summed E-state index contributed by atoms with van der Waals surface area (Å²) in [5, 5.41) is 37.0. The van der Waals surface area contributed by atoms with Gasteiger partial charge in [0.25, 0.3) is 42.2 Å². The van der Waals surface area contributed by atoms with Crippen molar-refractivity contribution in [1.82, 2.24) is 53.2 Å². The number of amidine groups is 8. The number of nitrogens with zero attached hydrogens (tertiary/aromatic N) is 9. The zero-order valence-corrected chi connectivity index (χ0v) is 90.4. The molecule has 10 N–H and O–H groups in total. The average molecular weight is 2000 g/mol. The van der Waals surface area contributed by atoms with Crippen LogP contribution in [-0.4, -0.2) is 224 Å². The maximum absolute atomic E-state index is 5.53. The van der Waals surface area contributed by atoms with Crippen molar-refractivity contribution in [3.8, 4) is 0 Å². The number of unbranched alkanes of at least 4 members (excludes halogenated alkanes) is 2. The molecule has 0 aromatic rings. The first-order valence-corrected chi connectivity index (χ1v) is 61.6. The van der Waals surface area contributed by atoms with Crippen molar-refractivity contribution in [2.75, 3.05) is 117 Å². The number of ether oxygens (including phenoxy) is 7. The molecule has 0 aromatic carbocycles. The second kappa shape index (κ2) is 48.1. The molecule has 20 bridgehead atoms. The molecule has 9 heterocycles. The fraction of sp³-hybridized carbons (Fsp3) is 0.922. The van der Waals surface area contributed by atoms with Crippen LogP contribution in [-0.2, 0) is 33.2 Å². The third kappa shape index (κ3) is 25.1. The minimum absolute atomic E-state index is 0.359. The SMILES string of the molecule is C1CCC(C2C3CCC(C3)C2NC2=NCCN2)CC1.C1COC(NC23CC4CC(CC(C4)C2)C3)=N1.C1COC(NC23CC4CC(CC(C4)C2)C3)=N1.C1COC(NC2CC3CCC2C3)=N1.C1COC(NC2CC3CCC2CC3)=N1.CC1(C)C2CCC1(C)C(NC1=NCCO1)C2.CCCC1CCCCC1NC1=NCCO1.CCCCC1C2CCC(C2)C1NC1=NCCO1.CCCCC1C2CCC(C2)C1NC1=NCCS1. The molecule has 21 unspecified atom stereocenters. The van der Waals surface area contributed by atoms with E-state index < -0.39 is 0 Å². The van der Waals surface area contributed by atoms with Crippen LogP contribution in [0.15, 0.2) is 44.9 Å². The minimum Gasteiger partial charge on any atom is -0.463 e. The summed E-state index contributed by atoms with van der Waals surface area (Å²) in [7, 11) is 0. The normalized spacial score (nSPS) is 41.9. The van der Waals surface area contributed by atoms with Crippen molar-refractivity contribution >= 4 is 65.0 Å². The molecule has 0 aromatic heterocycles. The van der Waals surface area contributed by atoms with Gasteiger partial charge in [-0.3, -0.25) is 9.98 Å². The molecule has 0 spiro atoms. The Kier molecular flexibility index (Phi) is 34.6. The third-order valence-corrected chi connectivity index (χ3v) is 43.5. The minimum atomic E-state index is 0.359. The van der Waals surface area contributed by atoms with Crippen LogP contribution in [0.25, 0.3) is 0 Å². The van der Waals surface area contributed by atoms with Gasteiger partial charge in [-0.25, -0.2) is 34.9 Å². The Morgan fingerprint density at radius 3 is 1.20 bits per heavy atom. The molecule has 32 rings (SSSR count). The Hall–Kier alpha value is -6.02. The molecule has 800 valence electrons.